The first kappa shape index (κ1) is 15.0. The van der Waals surface area contributed by atoms with Gasteiger partial charge in [0.2, 0.25) is 0 Å². The van der Waals surface area contributed by atoms with Gasteiger partial charge in [0.25, 0.3) is 0 Å². The Balaban J connectivity index is 2.09. The van der Waals surface area contributed by atoms with E-state index in [1.54, 1.807) is 0 Å². The van der Waals surface area contributed by atoms with Crippen LogP contribution in [0.5, 0.6) is 0 Å². The van der Waals surface area contributed by atoms with Crippen molar-refractivity contribution in [2.75, 3.05) is 17.8 Å². The van der Waals surface area contributed by atoms with E-state index in [-0.39, 0.29) is 17.4 Å². The zero-order chi connectivity index (χ0) is 14.8. The summed E-state index contributed by atoms with van der Waals surface area (Å²) < 4.78 is 27.8. The van der Waals surface area contributed by atoms with Gasteiger partial charge >= 0.3 is 16.2 Å². The van der Waals surface area contributed by atoms with Crippen molar-refractivity contribution in [1.29, 1.82) is 0 Å². The number of rotatable bonds is 4. The van der Waals surface area contributed by atoms with Crippen LogP contribution in [-0.2, 0) is 15.0 Å². The molecule has 1 unspecified atom stereocenters. The summed E-state index contributed by atoms with van der Waals surface area (Å²) in [6, 6.07) is 2.96. The van der Waals surface area contributed by atoms with Gasteiger partial charge in [-0.1, -0.05) is 11.6 Å². The highest BCUT2D eigenvalue weighted by molar-refractivity contribution is 7.90. The van der Waals surface area contributed by atoms with Crippen LogP contribution in [0.2, 0.25) is 5.15 Å². The van der Waals surface area contributed by atoms with Crippen molar-refractivity contribution in [3.63, 3.8) is 0 Å². The average Bonchev–Trinajstić information content (AvgIpc) is 2.41. The minimum absolute atomic E-state index is 0.0221. The molecule has 0 saturated carbocycles. The van der Waals surface area contributed by atoms with Gasteiger partial charge in [-0.25, -0.2) is 4.98 Å². The highest BCUT2D eigenvalue weighted by Gasteiger charge is 2.32. The summed E-state index contributed by atoms with van der Waals surface area (Å²) in [7, 11) is -3.78. The molecule has 2 heterocycles. The second-order valence-electron chi connectivity index (χ2n) is 4.51. The number of carbonyl (C=O) groups is 1. The quantitative estimate of drug-likeness (QED) is 0.812. The Hall–Kier alpha value is -1.38. The molecule has 1 aliphatic rings. The Morgan fingerprint density at radius 3 is 2.85 bits per heavy atom. The molecule has 0 radical (unpaired) electrons. The van der Waals surface area contributed by atoms with E-state index in [1.165, 1.54) is 18.3 Å². The molecule has 0 amide bonds. The lowest BCUT2D eigenvalue weighted by molar-refractivity contribution is -0.142. The summed E-state index contributed by atoms with van der Waals surface area (Å²) in [6.45, 7) is 0.284. The van der Waals surface area contributed by atoms with Crippen molar-refractivity contribution in [2.45, 2.75) is 12.8 Å². The molecule has 110 valence electrons. The van der Waals surface area contributed by atoms with E-state index < -0.39 is 22.1 Å². The average molecular weight is 320 g/mol. The molecular formula is C11H14ClN3O4S. The number of pyridine rings is 1. The van der Waals surface area contributed by atoms with Gasteiger partial charge < -0.3 is 5.11 Å². The van der Waals surface area contributed by atoms with Crippen LogP contribution in [0.4, 0.5) is 5.69 Å². The van der Waals surface area contributed by atoms with Gasteiger partial charge in [-0.2, -0.15) is 12.7 Å². The third-order valence-corrected chi connectivity index (χ3v) is 4.78. The Labute approximate surface area is 121 Å². The van der Waals surface area contributed by atoms with Crippen molar-refractivity contribution >= 4 is 33.5 Å². The van der Waals surface area contributed by atoms with Gasteiger partial charge in [-0.15, -0.1) is 0 Å². The molecule has 2 N–H and O–H groups in total. The minimum atomic E-state index is -3.78. The molecule has 2 rings (SSSR count). The van der Waals surface area contributed by atoms with Crippen molar-refractivity contribution in [3.05, 3.63) is 23.5 Å². The summed E-state index contributed by atoms with van der Waals surface area (Å²) in [4.78, 5) is 14.7. The molecule has 1 aromatic heterocycles. The number of nitrogens with one attached hydrogen (secondary N) is 1. The largest absolute Gasteiger partial charge is 0.481 e. The van der Waals surface area contributed by atoms with E-state index in [1.807, 2.05) is 0 Å². The van der Waals surface area contributed by atoms with Gasteiger partial charge in [0, 0.05) is 13.1 Å². The Kier molecular flexibility index (Phi) is 4.46. The molecule has 9 heteroatoms. The molecule has 1 aliphatic heterocycles. The van der Waals surface area contributed by atoms with Crippen molar-refractivity contribution in [3.8, 4) is 0 Å². The standard InChI is InChI=1S/C11H14ClN3O4S/c12-10-4-3-9(6-13-10)14-20(18,19)15-5-1-2-8(7-15)11(16)17/h3-4,6,8,14H,1-2,5,7H2,(H,16,17). The molecule has 1 saturated heterocycles. The maximum absolute atomic E-state index is 12.2. The van der Waals surface area contributed by atoms with Gasteiger partial charge in [-0.3, -0.25) is 9.52 Å². The molecule has 0 spiro atoms. The smallest absolute Gasteiger partial charge is 0.307 e. The van der Waals surface area contributed by atoms with Crippen LogP contribution in [-0.4, -0.2) is 41.9 Å². The molecule has 1 aromatic rings. The molecular weight excluding hydrogens is 306 g/mol. The Morgan fingerprint density at radius 1 is 1.50 bits per heavy atom. The van der Waals surface area contributed by atoms with Gasteiger partial charge in [0.05, 0.1) is 17.8 Å². The zero-order valence-electron chi connectivity index (χ0n) is 10.5. The van der Waals surface area contributed by atoms with Crippen molar-refractivity contribution in [2.24, 2.45) is 5.92 Å². The Bertz CT molecular complexity index is 590. The number of carboxylic acids is 1. The van der Waals surface area contributed by atoms with Crippen LogP contribution in [0.1, 0.15) is 12.8 Å². The second kappa shape index (κ2) is 5.94. The highest BCUT2D eigenvalue weighted by Crippen LogP contribution is 2.21. The lowest BCUT2D eigenvalue weighted by atomic mass is 10.0. The fourth-order valence-corrected chi connectivity index (χ4v) is 3.42. The van der Waals surface area contributed by atoms with Crippen LogP contribution in [0.25, 0.3) is 0 Å². The number of nitrogens with zero attached hydrogens (tertiary/aromatic N) is 2. The SMILES string of the molecule is O=C(O)C1CCCN(S(=O)(=O)Nc2ccc(Cl)nc2)C1. The summed E-state index contributed by atoms with van der Waals surface area (Å²) in [6.07, 6.45) is 2.32. The maximum Gasteiger partial charge on any atom is 0.307 e. The maximum atomic E-state index is 12.2. The first-order chi connectivity index (χ1) is 9.38. The Morgan fingerprint density at radius 2 is 2.25 bits per heavy atom. The third-order valence-electron chi connectivity index (χ3n) is 3.05. The number of halogens is 1. The zero-order valence-corrected chi connectivity index (χ0v) is 12.1. The van der Waals surface area contributed by atoms with Crippen molar-refractivity contribution in [1.82, 2.24) is 9.29 Å². The van der Waals surface area contributed by atoms with E-state index in [4.69, 9.17) is 16.7 Å². The van der Waals surface area contributed by atoms with Gasteiger partial charge in [0.15, 0.2) is 0 Å². The van der Waals surface area contributed by atoms with E-state index in [2.05, 4.69) is 9.71 Å². The predicted molar refractivity (Wildman–Crippen MR) is 73.7 cm³/mol. The molecule has 0 aliphatic carbocycles. The normalized spacial score (nSPS) is 20.6. The monoisotopic (exact) mass is 319 g/mol. The molecule has 0 aromatic carbocycles. The molecule has 20 heavy (non-hydrogen) atoms. The van der Waals surface area contributed by atoms with Gasteiger partial charge in [0.1, 0.15) is 5.15 Å². The number of hydrogen-bond acceptors (Lipinski definition) is 4. The lowest BCUT2D eigenvalue weighted by Gasteiger charge is -2.29. The number of hydrogen-bond donors (Lipinski definition) is 2. The molecule has 7 nitrogen and oxygen atoms in total. The number of aliphatic carboxylic acids is 1. The third kappa shape index (κ3) is 3.59. The topological polar surface area (TPSA) is 99.6 Å². The van der Waals surface area contributed by atoms with Gasteiger partial charge in [-0.05, 0) is 25.0 Å². The highest BCUT2D eigenvalue weighted by atomic mass is 35.5. The van der Waals surface area contributed by atoms with Crippen LogP contribution in [0.15, 0.2) is 18.3 Å². The van der Waals surface area contributed by atoms with Crippen molar-refractivity contribution < 1.29 is 18.3 Å². The van der Waals surface area contributed by atoms with Crippen LogP contribution in [0.3, 0.4) is 0 Å². The summed E-state index contributed by atoms with van der Waals surface area (Å²) >= 11 is 5.62. The fourth-order valence-electron chi connectivity index (χ4n) is 2.01. The molecule has 0 bridgehead atoms. The number of carboxylic acid groups (broad SMARTS) is 1. The van der Waals surface area contributed by atoms with E-state index >= 15 is 0 Å². The summed E-state index contributed by atoms with van der Waals surface area (Å²) in [5, 5.41) is 9.24. The predicted octanol–water partition coefficient (Wildman–Crippen LogP) is 1.19. The number of anilines is 1. The first-order valence-corrected chi connectivity index (χ1v) is 7.82. The van der Waals surface area contributed by atoms with Crippen LogP contribution in [0, 0.1) is 5.92 Å². The summed E-state index contributed by atoms with van der Waals surface area (Å²) in [5.74, 6) is -1.64. The fraction of sp³-hybridized carbons (Fsp3) is 0.455. The minimum Gasteiger partial charge on any atom is -0.481 e. The van der Waals surface area contributed by atoms with Crippen LogP contribution >= 0.6 is 11.6 Å². The first-order valence-electron chi connectivity index (χ1n) is 6.01. The van der Waals surface area contributed by atoms with E-state index in [0.29, 0.717) is 19.4 Å². The summed E-state index contributed by atoms with van der Waals surface area (Å²) in [5.41, 5.74) is 0.284. The lowest BCUT2D eigenvalue weighted by Crippen LogP contribution is -2.44. The van der Waals surface area contributed by atoms with E-state index in [0.717, 1.165) is 4.31 Å². The van der Waals surface area contributed by atoms with Crippen LogP contribution < -0.4 is 4.72 Å². The number of piperidine rings is 1. The number of aromatic nitrogens is 1. The molecule has 1 fully saturated rings. The molecule has 1 atom stereocenters. The van der Waals surface area contributed by atoms with E-state index in [9.17, 15) is 13.2 Å². The second-order valence-corrected chi connectivity index (χ2v) is 6.57.